The van der Waals surface area contributed by atoms with Gasteiger partial charge in [0.2, 0.25) is 0 Å². The molecule has 0 unspecified atom stereocenters. The van der Waals surface area contributed by atoms with E-state index in [-0.39, 0.29) is 5.43 Å². The molecular formula is C28H23N3O. The number of hydrogen-bond acceptors (Lipinski definition) is 3. The Morgan fingerprint density at radius 2 is 1.44 bits per heavy atom. The van der Waals surface area contributed by atoms with Gasteiger partial charge in [0.05, 0.1) is 16.6 Å². The molecule has 0 aliphatic rings. The Morgan fingerprint density at radius 3 is 2.12 bits per heavy atom. The van der Waals surface area contributed by atoms with Gasteiger partial charge in [-0.2, -0.15) is 0 Å². The van der Waals surface area contributed by atoms with Crippen molar-refractivity contribution in [1.82, 2.24) is 9.55 Å². The molecule has 156 valence electrons. The number of aryl methyl sites for hydroxylation is 1. The van der Waals surface area contributed by atoms with E-state index < -0.39 is 0 Å². The van der Waals surface area contributed by atoms with Gasteiger partial charge in [-0.1, -0.05) is 66.7 Å². The summed E-state index contributed by atoms with van der Waals surface area (Å²) in [6.07, 6.45) is 0.606. The van der Waals surface area contributed by atoms with Crippen molar-refractivity contribution in [3.8, 4) is 5.69 Å². The van der Waals surface area contributed by atoms with Gasteiger partial charge in [0.1, 0.15) is 5.82 Å². The van der Waals surface area contributed by atoms with Crippen LogP contribution >= 0.6 is 0 Å². The Balaban J connectivity index is 1.78. The number of rotatable bonds is 5. The number of nitrogens with zero attached hydrogens (tertiary/aromatic N) is 2. The molecule has 0 bridgehead atoms. The van der Waals surface area contributed by atoms with Crippen LogP contribution in [0.4, 0.5) is 11.5 Å². The third-order valence-corrected chi connectivity index (χ3v) is 5.47. The topological polar surface area (TPSA) is 46.9 Å². The molecule has 4 heteroatoms. The maximum absolute atomic E-state index is 13.4. The summed E-state index contributed by atoms with van der Waals surface area (Å²) >= 11 is 0. The first-order valence-corrected chi connectivity index (χ1v) is 10.7. The van der Waals surface area contributed by atoms with Crippen molar-refractivity contribution in [1.29, 1.82) is 0 Å². The summed E-state index contributed by atoms with van der Waals surface area (Å²) in [5.41, 5.74) is 5.52. The maximum atomic E-state index is 13.4. The predicted octanol–water partition coefficient (Wildman–Crippen LogP) is 6.03. The highest BCUT2D eigenvalue weighted by molar-refractivity contribution is 5.86. The molecular weight excluding hydrogens is 394 g/mol. The standard InChI is InChI=1S/C28H23N3O/c1-20-17-25-28(24(29-20)18-21-11-5-2-6-12-21)26(32)19-27(30-22-13-7-3-8-14-22)31(25)23-15-9-4-10-16-23/h2-17,19,30H,18H2,1H3. The second-order valence-corrected chi connectivity index (χ2v) is 7.82. The smallest absolute Gasteiger partial charge is 0.193 e. The Kier molecular flexibility index (Phi) is 5.26. The second kappa shape index (κ2) is 8.52. The molecule has 0 spiro atoms. The SMILES string of the molecule is Cc1cc2c(c(Cc3ccccc3)n1)c(=O)cc(Nc1ccccc1)n2-c1ccccc1. The maximum Gasteiger partial charge on any atom is 0.193 e. The Morgan fingerprint density at radius 1 is 0.812 bits per heavy atom. The van der Waals surface area contributed by atoms with Gasteiger partial charge in [0.15, 0.2) is 5.43 Å². The zero-order valence-electron chi connectivity index (χ0n) is 17.8. The lowest BCUT2D eigenvalue weighted by Gasteiger charge is -2.20. The second-order valence-electron chi connectivity index (χ2n) is 7.82. The highest BCUT2D eigenvalue weighted by Gasteiger charge is 2.16. The van der Waals surface area contributed by atoms with Gasteiger partial charge in [0, 0.05) is 29.6 Å². The molecule has 0 atom stereocenters. The highest BCUT2D eigenvalue weighted by atomic mass is 16.1. The van der Waals surface area contributed by atoms with Crippen LogP contribution in [0, 0.1) is 6.92 Å². The summed E-state index contributed by atoms with van der Waals surface area (Å²) in [5, 5.41) is 4.09. The third-order valence-electron chi connectivity index (χ3n) is 5.47. The molecule has 3 aromatic carbocycles. The van der Waals surface area contributed by atoms with Gasteiger partial charge in [-0.15, -0.1) is 0 Å². The summed E-state index contributed by atoms with van der Waals surface area (Å²) in [7, 11) is 0. The van der Waals surface area contributed by atoms with Gasteiger partial charge in [-0.05, 0) is 42.8 Å². The molecule has 32 heavy (non-hydrogen) atoms. The average molecular weight is 418 g/mol. The molecule has 4 nitrogen and oxygen atoms in total. The van der Waals surface area contributed by atoms with E-state index in [0.717, 1.165) is 39.7 Å². The fourth-order valence-electron chi connectivity index (χ4n) is 4.09. The van der Waals surface area contributed by atoms with Crippen LogP contribution in [0.5, 0.6) is 0 Å². The third kappa shape index (κ3) is 3.91. The lowest BCUT2D eigenvalue weighted by Crippen LogP contribution is -2.15. The molecule has 0 fully saturated rings. The van der Waals surface area contributed by atoms with E-state index in [1.165, 1.54) is 0 Å². The van der Waals surface area contributed by atoms with E-state index >= 15 is 0 Å². The quantitative estimate of drug-likeness (QED) is 0.380. The van der Waals surface area contributed by atoms with Crippen LogP contribution < -0.4 is 10.7 Å². The van der Waals surface area contributed by atoms with Crippen LogP contribution in [-0.2, 0) is 6.42 Å². The van der Waals surface area contributed by atoms with E-state index in [4.69, 9.17) is 4.98 Å². The van der Waals surface area contributed by atoms with Gasteiger partial charge < -0.3 is 5.32 Å². The number of benzene rings is 3. The van der Waals surface area contributed by atoms with Crippen LogP contribution in [-0.4, -0.2) is 9.55 Å². The zero-order valence-corrected chi connectivity index (χ0v) is 17.8. The van der Waals surface area contributed by atoms with Crippen LogP contribution in [0.3, 0.4) is 0 Å². The molecule has 5 rings (SSSR count). The van der Waals surface area contributed by atoms with E-state index in [2.05, 4.69) is 22.0 Å². The van der Waals surface area contributed by atoms with Crippen molar-refractivity contribution in [2.75, 3.05) is 5.32 Å². The fraction of sp³-hybridized carbons (Fsp3) is 0.0714. The Labute approximate surface area is 186 Å². The average Bonchev–Trinajstić information content (AvgIpc) is 2.81. The zero-order chi connectivity index (χ0) is 21.9. The summed E-state index contributed by atoms with van der Waals surface area (Å²) < 4.78 is 2.10. The van der Waals surface area contributed by atoms with Crippen molar-refractivity contribution in [2.24, 2.45) is 0 Å². The Hall–Kier alpha value is -4.18. The van der Waals surface area contributed by atoms with E-state index in [1.54, 1.807) is 6.07 Å². The lowest BCUT2D eigenvalue weighted by atomic mass is 10.0. The van der Waals surface area contributed by atoms with Gasteiger partial charge in [0.25, 0.3) is 0 Å². The molecule has 1 N–H and O–H groups in total. The van der Waals surface area contributed by atoms with E-state index in [9.17, 15) is 4.79 Å². The van der Waals surface area contributed by atoms with Crippen molar-refractivity contribution < 1.29 is 0 Å². The summed E-state index contributed by atoms with van der Waals surface area (Å²) in [6.45, 7) is 1.98. The summed E-state index contributed by atoms with van der Waals surface area (Å²) in [5.74, 6) is 0.719. The summed E-state index contributed by atoms with van der Waals surface area (Å²) in [6, 6.07) is 33.8. The van der Waals surface area contributed by atoms with Gasteiger partial charge in [-0.25, -0.2) is 0 Å². The minimum absolute atomic E-state index is 0.0379. The van der Waals surface area contributed by atoms with Crippen molar-refractivity contribution in [2.45, 2.75) is 13.3 Å². The Bertz CT molecular complexity index is 1430. The molecule has 2 aromatic heterocycles. The molecule has 0 aliphatic heterocycles. The minimum Gasteiger partial charge on any atom is -0.341 e. The number of anilines is 2. The molecule has 0 radical (unpaired) electrons. The lowest BCUT2D eigenvalue weighted by molar-refractivity contribution is 1.03. The first-order valence-electron chi connectivity index (χ1n) is 10.7. The van der Waals surface area contributed by atoms with E-state index in [1.807, 2.05) is 91.9 Å². The largest absolute Gasteiger partial charge is 0.341 e. The van der Waals surface area contributed by atoms with Crippen LogP contribution in [0.1, 0.15) is 17.0 Å². The molecule has 5 aromatic rings. The number of para-hydroxylation sites is 2. The normalized spacial score (nSPS) is 10.9. The predicted molar refractivity (Wildman–Crippen MR) is 131 cm³/mol. The van der Waals surface area contributed by atoms with Crippen LogP contribution in [0.15, 0.2) is 108 Å². The van der Waals surface area contributed by atoms with Crippen molar-refractivity contribution >= 4 is 22.4 Å². The molecule has 0 amide bonds. The first-order chi connectivity index (χ1) is 15.7. The number of pyridine rings is 2. The number of nitrogens with one attached hydrogen (secondary N) is 1. The number of hydrogen-bond donors (Lipinski definition) is 1. The molecule has 0 aliphatic carbocycles. The highest BCUT2D eigenvalue weighted by Crippen LogP contribution is 2.27. The van der Waals surface area contributed by atoms with Gasteiger partial charge in [-0.3, -0.25) is 14.3 Å². The monoisotopic (exact) mass is 417 g/mol. The van der Waals surface area contributed by atoms with Crippen LogP contribution in [0.25, 0.3) is 16.6 Å². The molecule has 0 saturated carbocycles. The van der Waals surface area contributed by atoms with Crippen molar-refractivity contribution in [3.63, 3.8) is 0 Å². The molecule has 0 saturated heterocycles. The fourth-order valence-corrected chi connectivity index (χ4v) is 4.09. The summed E-state index contributed by atoms with van der Waals surface area (Å²) in [4.78, 5) is 18.2. The van der Waals surface area contributed by atoms with Crippen LogP contribution in [0.2, 0.25) is 0 Å². The number of aromatic nitrogens is 2. The van der Waals surface area contributed by atoms with Gasteiger partial charge >= 0.3 is 0 Å². The number of fused-ring (bicyclic) bond motifs is 1. The van der Waals surface area contributed by atoms with Crippen molar-refractivity contribution in [3.05, 3.63) is 130 Å². The minimum atomic E-state index is -0.0379. The molecule has 2 heterocycles. The van der Waals surface area contributed by atoms with E-state index in [0.29, 0.717) is 11.8 Å². The first kappa shape index (κ1) is 19.8.